The Bertz CT molecular complexity index is 1300. The molecule has 3 aromatic heterocycles. The zero-order valence-corrected chi connectivity index (χ0v) is 22.8. The van der Waals surface area contributed by atoms with Crippen molar-refractivity contribution in [2.45, 2.75) is 58.5 Å². The number of carbonyl (C=O) groups is 2. The second-order valence-corrected chi connectivity index (χ2v) is 11.4. The van der Waals surface area contributed by atoms with Crippen LogP contribution in [0.25, 0.3) is 0 Å². The fourth-order valence-electron chi connectivity index (χ4n) is 4.00. The average Bonchev–Trinajstić information content (AvgIpc) is 3.53. The Morgan fingerprint density at radius 2 is 1.89 bits per heavy atom. The van der Waals surface area contributed by atoms with Gasteiger partial charge in [-0.15, -0.1) is 21.5 Å². The van der Waals surface area contributed by atoms with Crippen molar-refractivity contribution in [2.75, 3.05) is 24.1 Å². The van der Waals surface area contributed by atoms with Gasteiger partial charge in [-0.05, 0) is 44.3 Å². The highest BCUT2D eigenvalue weighted by Gasteiger charge is 2.24. The van der Waals surface area contributed by atoms with Crippen LogP contribution in [0, 0.1) is 0 Å². The maximum absolute atomic E-state index is 13.1. The molecule has 0 aliphatic carbocycles. The third kappa shape index (κ3) is 6.38. The van der Waals surface area contributed by atoms with Gasteiger partial charge in [-0.2, -0.15) is 0 Å². The number of thiazole rings is 1. The average molecular weight is 544 g/mol. The number of aromatic nitrogens is 5. The molecule has 1 saturated heterocycles. The monoisotopic (exact) mass is 543 g/mol. The Morgan fingerprint density at radius 3 is 2.59 bits per heavy atom. The lowest BCUT2D eigenvalue weighted by atomic mass is 9.88. The van der Waals surface area contributed by atoms with E-state index in [2.05, 4.69) is 40.7 Å². The summed E-state index contributed by atoms with van der Waals surface area (Å²) in [4.78, 5) is 41.1. The van der Waals surface area contributed by atoms with Crippen molar-refractivity contribution in [3.8, 4) is 0 Å². The first kappa shape index (κ1) is 26.8. The van der Waals surface area contributed by atoms with Crippen LogP contribution in [0.5, 0.6) is 0 Å². The van der Waals surface area contributed by atoms with Crippen molar-refractivity contribution in [1.82, 2.24) is 35.4 Å². The second kappa shape index (κ2) is 11.0. The SMILES string of the molecule is CC(NC(=O)c1ncnc(N)c1CN1CCCC1)c1ncc(C(=O)Nc2cc(C(C)(C)C)c(Cl)nn2)s1. The van der Waals surface area contributed by atoms with Crippen LogP contribution in [-0.4, -0.2) is 55.0 Å². The smallest absolute Gasteiger partial charge is 0.270 e. The molecule has 2 amide bonds. The first-order valence-corrected chi connectivity index (χ1v) is 13.2. The predicted molar refractivity (Wildman–Crippen MR) is 143 cm³/mol. The number of nitrogens with two attached hydrogens (primary N) is 1. The van der Waals surface area contributed by atoms with E-state index in [0.717, 1.165) is 31.5 Å². The molecule has 4 N–H and O–H groups in total. The minimum Gasteiger partial charge on any atom is -0.383 e. The van der Waals surface area contributed by atoms with Crippen LogP contribution < -0.4 is 16.4 Å². The van der Waals surface area contributed by atoms with E-state index in [1.54, 1.807) is 13.0 Å². The highest BCUT2D eigenvalue weighted by Crippen LogP contribution is 2.29. The molecule has 3 aromatic rings. The van der Waals surface area contributed by atoms with Crippen molar-refractivity contribution in [2.24, 2.45) is 0 Å². The van der Waals surface area contributed by atoms with Gasteiger partial charge in [0.15, 0.2) is 11.0 Å². The molecule has 0 bridgehead atoms. The summed E-state index contributed by atoms with van der Waals surface area (Å²) >= 11 is 7.35. The fraction of sp³-hybridized carbons (Fsp3) is 0.458. The molecule has 0 aromatic carbocycles. The Hall–Kier alpha value is -3.22. The third-order valence-corrected chi connectivity index (χ3v) is 7.50. The van der Waals surface area contributed by atoms with Gasteiger partial charge in [-0.3, -0.25) is 14.5 Å². The first-order valence-electron chi connectivity index (χ1n) is 12.0. The molecule has 1 fully saturated rings. The molecule has 0 spiro atoms. The fourth-order valence-corrected chi connectivity index (χ4v) is 5.19. The molecule has 1 aliphatic heterocycles. The van der Waals surface area contributed by atoms with Crippen molar-refractivity contribution in [3.63, 3.8) is 0 Å². The summed E-state index contributed by atoms with van der Waals surface area (Å²) in [5.74, 6) is -0.159. The van der Waals surface area contributed by atoms with Crippen molar-refractivity contribution in [3.05, 3.63) is 50.4 Å². The number of amides is 2. The van der Waals surface area contributed by atoms with Crippen LogP contribution in [0.1, 0.15) is 82.9 Å². The highest BCUT2D eigenvalue weighted by atomic mass is 35.5. The molecular formula is C24H30ClN9O2S. The summed E-state index contributed by atoms with van der Waals surface area (Å²) in [6, 6.07) is 1.25. The molecule has 1 unspecified atom stereocenters. The third-order valence-electron chi connectivity index (χ3n) is 6.04. The van der Waals surface area contributed by atoms with Gasteiger partial charge in [0, 0.05) is 17.7 Å². The molecular weight excluding hydrogens is 514 g/mol. The Morgan fingerprint density at radius 1 is 1.16 bits per heavy atom. The predicted octanol–water partition coefficient (Wildman–Crippen LogP) is 3.60. The molecule has 1 aliphatic rings. The first-order chi connectivity index (χ1) is 17.5. The van der Waals surface area contributed by atoms with E-state index in [1.807, 2.05) is 20.8 Å². The number of likely N-dealkylation sites (tertiary alicyclic amines) is 1. The van der Waals surface area contributed by atoms with Gasteiger partial charge in [0.25, 0.3) is 11.8 Å². The van der Waals surface area contributed by atoms with E-state index in [1.165, 1.54) is 23.9 Å². The van der Waals surface area contributed by atoms with Crippen molar-refractivity contribution in [1.29, 1.82) is 0 Å². The number of nitrogens with one attached hydrogen (secondary N) is 2. The number of hydrogen-bond donors (Lipinski definition) is 3. The lowest BCUT2D eigenvalue weighted by Crippen LogP contribution is -2.30. The number of halogens is 1. The summed E-state index contributed by atoms with van der Waals surface area (Å²) in [5.41, 5.74) is 7.47. The highest BCUT2D eigenvalue weighted by molar-refractivity contribution is 7.13. The van der Waals surface area contributed by atoms with Gasteiger partial charge in [0.2, 0.25) is 0 Å². The van der Waals surface area contributed by atoms with Gasteiger partial charge in [-0.1, -0.05) is 32.4 Å². The number of nitrogen functional groups attached to an aromatic ring is 1. The zero-order valence-electron chi connectivity index (χ0n) is 21.2. The Kier molecular flexibility index (Phi) is 8.00. The van der Waals surface area contributed by atoms with Gasteiger partial charge >= 0.3 is 0 Å². The maximum Gasteiger partial charge on any atom is 0.270 e. The van der Waals surface area contributed by atoms with Gasteiger partial charge in [0.05, 0.1) is 12.2 Å². The molecule has 0 radical (unpaired) electrons. The normalized spacial score (nSPS) is 14.9. The van der Waals surface area contributed by atoms with Gasteiger partial charge in [0.1, 0.15) is 27.7 Å². The molecule has 0 saturated carbocycles. The molecule has 4 rings (SSSR count). The number of anilines is 2. The summed E-state index contributed by atoms with van der Waals surface area (Å²) < 4.78 is 0. The molecule has 1 atom stereocenters. The van der Waals surface area contributed by atoms with Crippen LogP contribution in [0.4, 0.5) is 11.6 Å². The van der Waals surface area contributed by atoms with Crippen LogP contribution >= 0.6 is 22.9 Å². The van der Waals surface area contributed by atoms with Crippen LogP contribution in [0.3, 0.4) is 0 Å². The molecule has 4 heterocycles. The molecule has 11 nitrogen and oxygen atoms in total. The number of rotatable bonds is 7. The molecule has 37 heavy (non-hydrogen) atoms. The molecule has 196 valence electrons. The van der Waals surface area contributed by atoms with E-state index < -0.39 is 6.04 Å². The largest absolute Gasteiger partial charge is 0.383 e. The lowest BCUT2D eigenvalue weighted by molar-refractivity contribution is 0.0932. The van der Waals surface area contributed by atoms with E-state index in [9.17, 15) is 9.59 Å². The lowest BCUT2D eigenvalue weighted by Gasteiger charge is -2.20. The van der Waals surface area contributed by atoms with Crippen LogP contribution in [-0.2, 0) is 12.0 Å². The van der Waals surface area contributed by atoms with E-state index in [-0.39, 0.29) is 22.9 Å². The van der Waals surface area contributed by atoms with Crippen LogP contribution in [0.2, 0.25) is 5.15 Å². The van der Waals surface area contributed by atoms with Gasteiger partial charge in [-0.25, -0.2) is 15.0 Å². The number of nitrogens with zero attached hydrogens (tertiary/aromatic N) is 6. The number of carbonyl (C=O) groups excluding carboxylic acids is 2. The van der Waals surface area contributed by atoms with E-state index in [4.69, 9.17) is 17.3 Å². The Balaban J connectivity index is 1.44. The second-order valence-electron chi connectivity index (χ2n) is 9.97. The minimum atomic E-state index is -0.460. The standard InChI is InChI=1S/C24H30ClN9O2S/c1-13(30-22(36)18-14(20(26)29-12-28-18)11-34-7-5-6-8-34)23-27-10-16(37-23)21(35)31-17-9-15(24(2,3)4)19(25)33-32-17/h9-10,12-13H,5-8,11H2,1-4H3,(H,30,36)(H2,26,28,29)(H,31,32,35). The summed E-state index contributed by atoms with van der Waals surface area (Å²) in [6.45, 7) is 10.2. The topological polar surface area (TPSA) is 152 Å². The zero-order chi connectivity index (χ0) is 26.7. The van der Waals surface area contributed by atoms with Crippen molar-refractivity contribution < 1.29 is 9.59 Å². The number of hydrogen-bond acceptors (Lipinski definition) is 10. The van der Waals surface area contributed by atoms with E-state index >= 15 is 0 Å². The summed E-state index contributed by atoms with van der Waals surface area (Å²) in [5, 5.41) is 14.4. The Labute approximate surface area is 224 Å². The van der Waals surface area contributed by atoms with E-state index in [0.29, 0.717) is 38.8 Å². The maximum atomic E-state index is 13.1. The van der Waals surface area contributed by atoms with Crippen LogP contribution in [0.15, 0.2) is 18.6 Å². The summed E-state index contributed by atoms with van der Waals surface area (Å²) in [6.07, 6.45) is 5.00. The van der Waals surface area contributed by atoms with Gasteiger partial charge < -0.3 is 16.4 Å². The summed E-state index contributed by atoms with van der Waals surface area (Å²) in [7, 11) is 0. The quantitative estimate of drug-likeness (QED) is 0.405. The minimum absolute atomic E-state index is 0.247. The van der Waals surface area contributed by atoms with Crippen molar-refractivity contribution >= 4 is 46.4 Å². The molecule has 13 heteroatoms.